The number of rotatable bonds is 2. The minimum Gasteiger partial charge on any atom is -0.369 e. The van der Waals surface area contributed by atoms with Crippen molar-refractivity contribution in [1.29, 1.82) is 0 Å². The fraction of sp³-hybridized carbons (Fsp3) is 0.615. The van der Waals surface area contributed by atoms with Crippen LogP contribution in [0.5, 0.6) is 0 Å². The van der Waals surface area contributed by atoms with E-state index in [9.17, 15) is 4.79 Å². The molecule has 0 saturated carbocycles. The summed E-state index contributed by atoms with van der Waals surface area (Å²) < 4.78 is 7.89. The first kappa shape index (κ1) is 14.7. The number of ether oxygens (including phenoxy) is 1. The van der Waals surface area contributed by atoms with Gasteiger partial charge < -0.3 is 4.74 Å². The molecule has 0 N–H and O–H groups in total. The van der Waals surface area contributed by atoms with Gasteiger partial charge in [0, 0.05) is 4.47 Å². The molecule has 100 valence electrons. The number of Topliss-reactive ketones (excluding diaryl/α,β-unsaturated/α-hetero) is 1. The summed E-state index contributed by atoms with van der Waals surface area (Å²) in [7, 11) is 0. The SMILES string of the molecule is CC1(C)CC(C(=O)c2cc(Br)c(Br)s2)C(C)(C)O1. The third-order valence-corrected chi connectivity index (χ3v) is 6.55. The fourth-order valence-electron chi connectivity index (χ4n) is 2.61. The average molecular weight is 396 g/mol. The average Bonchev–Trinajstić information content (AvgIpc) is 2.63. The number of thiophene rings is 1. The van der Waals surface area contributed by atoms with Crippen LogP contribution in [-0.4, -0.2) is 17.0 Å². The topological polar surface area (TPSA) is 26.3 Å². The van der Waals surface area contributed by atoms with Gasteiger partial charge in [-0.2, -0.15) is 0 Å². The molecule has 0 spiro atoms. The van der Waals surface area contributed by atoms with E-state index in [-0.39, 0.29) is 17.3 Å². The molecule has 1 saturated heterocycles. The molecule has 1 aliphatic heterocycles. The number of carbonyl (C=O) groups excluding carboxylic acids is 1. The van der Waals surface area contributed by atoms with Crippen molar-refractivity contribution in [2.75, 3.05) is 0 Å². The predicted molar refractivity (Wildman–Crippen MR) is 81.4 cm³/mol. The summed E-state index contributed by atoms with van der Waals surface area (Å²) in [6.45, 7) is 8.09. The molecule has 18 heavy (non-hydrogen) atoms. The van der Waals surface area contributed by atoms with Gasteiger partial charge in [-0.05, 0) is 72.0 Å². The molecule has 1 atom stereocenters. The number of hydrogen-bond donors (Lipinski definition) is 0. The maximum absolute atomic E-state index is 12.6. The van der Waals surface area contributed by atoms with E-state index in [0.29, 0.717) is 0 Å². The highest BCUT2D eigenvalue weighted by molar-refractivity contribution is 9.13. The molecule has 1 aliphatic rings. The molecule has 1 aromatic heterocycles. The third kappa shape index (κ3) is 2.74. The molecule has 2 nitrogen and oxygen atoms in total. The van der Waals surface area contributed by atoms with Crippen LogP contribution in [0.25, 0.3) is 0 Å². The minimum absolute atomic E-state index is 0.0788. The normalized spacial score (nSPS) is 25.3. The molecule has 0 radical (unpaired) electrons. The summed E-state index contributed by atoms with van der Waals surface area (Å²) in [6, 6.07) is 1.89. The lowest BCUT2D eigenvalue weighted by Gasteiger charge is -2.26. The minimum atomic E-state index is -0.399. The van der Waals surface area contributed by atoms with E-state index in [1.807, 2.05) is 33.8 Å². The largest absolute Gasteiger partial charge is 0.369 e. The van der Waals surface area contributed by atoms with E-state index in [1.54, 1.807) is 0 Å². The second-order valence-electron chi connectivity index (χ2n) is 5.82. The van der Waals surface area contributed by atoms with Crippen LogP contribution in [0.1, 0.15) is 43.8 Å². The first-order valence-corrected chi connectivity index (χ1v) is 8.22. The molecule has 0 aromatic carbocycles. The quantitative estimate of drug-likeness (QED) is 0.655. The maximum atomic E-state index is 12.6. The number of hydrogen-bond acceptors (Lipinski definition) is 3. The van der Waals surface area contributed by atoms with Gasteiger partial charge in [0.15, 0.2) is 5.78 Å². The van der Waals surface area contributed by atoms with E-state index in [0.717, 1.165) is 19.6 Å². The van der Waals surface area contributed by atoms with Crippen molar-refractivity contribution in [3.63, 3.8) is 0 Å². The lowest BCUT2D eigenvalue weighted by atomic mass is 9.83. The van der Waals surface area contributed by atoms with E-state index < -0.39 is 5.60 Å². The number of ketones is 1. The standard InChI is InChI=1S/C13H16Br2O2S/c1-12(2)6-7(13(3,4)17-12)10(16)9-5-8(14)11(15)18-9/h5,7H,6H2,1-4H3. The Bertz CT molecular complexity index is 472. The number of carbonyl (C=O) groups is 1. The van der Waals surface area contributed by atoms with E-state index in [4.69, 9.17) is 4.74 Å². The molecular formula is C13H16Br2O2S. The van der Waals surface area contributed by atoms with Crippen molar-refractivity contribution in [1.82, 2.24) is 0 Å². The first-order chi connectivity index (χ1) is 8.12. The zero-order valence-corrected chi connectivity index (χ0v) is 14.8. The van der Waals surface area contributed by atoms with Gasteiger partial charge in [0.05, 0.1) is 25.8 Å². The third-order valence-electron chi connectivity index (χ3n) is 3.28. The smallest absolute Gasteiger partial charge is 0.178 e. The second kappa shape index (κ2) is 4.69. The van der Waals surface area contributed by atoms with Crippen LogP contribution in [0.15, 0.2) is 14.3 Å². The Labute approximate surface area is 128 Å². The van der Waals surface area contributed by atoms with Crippen LogP contribution in [0, 0.1) is 5.92 Å². The van der Waals surface area contributed by atoms with Gasteiger partial charge in [-0.25, -0.2) is 0 Å². The highest BCUT2D eigenvalue weighted by Crippen LogP contribution is 2.45. The molecular weight excluding hydrogens is 380 g/mol. The van der Waals surface area contributed by atoms with Crippen LogP contribution < -0.4 is 0 Å². The Balaban J connectivity index is 2.29. The van der Waals surface area contributed by atoms with Crippen LogP contribution in [0.3, 0.4) is 0 Å². The van der Waals surface area contributed by atoms with Gasteiger partial charge in [0.2, 0.25) is 0 Å². The second-order valence-corrected chi connectivity index (χ2v) is 9.04. The molecule has 2 heterocycles. The fourth-order valence-corrected chi connectivity index (χ4v) is 4.64. The van der Waals surface area contributed by atoms with Crippen molar-refractivity contribution in [2.45, 2.75) is 45.3 Å². The van der Waals surface area contributed by atoms with Crippen LogP contribution >= 0.6 is 43.2 Å². The molecule has 1 aromatic rings. The molecule has 0 aliphatic carbocycles. The maximum Gasteiger partial charge on any atom is 0.178 e. The van der Waals surface area contributed by atoms with Gasteiger partial charge in [0.1, 0.15) is 0 Å². The van der Waals surface area contributed by atoms with Crippen molar-refractivity contribution >= 4 is 49.0 Å². The van der Waals surface area contributed by atoms with Gasteiger partial charge in [-0.1, -0.05) is 0 Å². The lowest BCUT2D eigenvalue weighted by molar-refractivity contribution is -0.0712. The first-order valence-electron chi connectivity index (χ1n) is 5.82. The van der Waals surface area contributed by atoms with Crippen LogP contribution in [0.4, 0.5) is 0 Å². The summed E-state index contributed by atoms with van der Waals surface area (Å²) >= 11 is 8.33. The molecule has 0 amide bonds. The van der Waals surface area contributed by atoms with E-state index in [1.165, 1.54) is 11.3 Å². The summed E-state index contributed by atoms with van der Waals surface area (Å²) in [5.74, 6) is 0.104. The Kier molecular flexibility index (Phi) is 3.83. The van der Waals surface area contributed by atoms with Crippen molar-refractivity contribution in [3.8, 4) is 0 Å². The molecule has 1 unspecified atom stereocenters. The molecule has 0 bridgehead atoms. The zero-order valence-electron chi connectivity index (χ0n) is 10.8. The monoisotopic (exact) mass is 394 g/mol. The van der Waals surface area contributed by atoms with Crippen molar-refractivity contribution in [2.24, 2.45) is 5.92 Å². The molecule has 5 heteroatoms. The summed E-state index contributed by atoms with van der Waals surface area (Å²) in [5, 5.41) is 0. The summed E-state index contributed by atoms with van der Waals surface area (Å²) in [4.78, 5) is 13.4. The van der Waals surface area contributed by atoms with Gasteiger partial charge in [-0.3, -0.25) is 4.79 Å². The van der Waals surface area contributed by atoms with E-state index >= 15 is 0 Å². The number of halogens is 2. The van der Waals surface area contributed by atoms with Gasteiger partial charge >= 0.3 is 0 Å². The highest BCUT2D eigenvalue weighted by atomic mass is 79.9. The highest BCUT2D eigenvalue weighted by Gasteiger charge is 2.49. The Morgan fingerprint density at radius 2 is 2.00 bits per heavy atom. The zero-order chi connectivity index (χ0) is 13.7. The Morgan fingerprint density at radius 3 is 2.39 bits per heavy atom. The van der Waals surface area contributed by atoms with Gasteiger partial charge in [-0.15, -0.1) is 11.3 Å². The van der Waals surface area contributed by atoms with Crippen LogP contribution in [0.2, 0.25) is 0 Å². The summed E-state index contributed by atoms with van der Waals surface area (Å²) in [6.07, 6.45) is 0.770. The van der Waals surface area contributed by atoms with Crippen molar-refractivity contribution < 1.29 is 9.53 Å². The van der Waals surface area contributed by atoms with Crippen LogP contribution in [-0.2, 0) is 4.74 Å². The molecule has 1 fully saturated rings. The predicted octanol–water partition coefficient (Wildman–Crippen LogP) is 5.05. The van der Waals surface area contributed by atoms with Gasteiger partial charge in [0.25, 0.3) is 0 Å². The van der Waals surface area contributed by atoms with Crippen molar-refractivity contribution in [3.05, 3.63) is 19.2 Å². The van der Waals surface area contributed by atoms with E-state index in [2.05, 4.69) is 31.9 Å². The lowest BCUT2D eigenvalue weighted by Crippen LogP contribution is -2.33. The Hall–Kier alpha value is 0.290. The Morgan fingerprint density at radius 1 is 1.39 bits per heavy atom. The summed E-state index contributed by atoms with van der Waals surface area (Å²) in [5.41, 5.74) is -0.626. The molecule has 2 rings (SSSR count).